The fourth-order valence-corrected chi connectivity index (χ4v) is 0.965. The van der Waals surface area contributed by atoms with Crippen LogP contribution in [0.5, 0.6) is 0 Å². The summed E-state index contributed by atoms with van der Waals surface area (Å²) in [5.74, 6) is 0. The third-order valence-electron chi connectivity index (χ3n) is 1.68. The average Bonchev–Trinajstić information content (AvgIpc) is 2.00. The highest BCUT2D eigenvalue weighted by Crippen LogP contribution is 2.16. The lowest BCUT2D eigenvalue weighted by atomic mass is 9.71. The van der Waals surface area contributed by atoms with Crippen molar-refractivity contribution in [3.05, 3.63) is 12.2 Å². The molecule has 0 amide bonds. The Balaban J connectivity index is 4.16. The molecule has 0 unspecified atom stereocenters. The molecular weight excluding hydrogens is 143 g/mol. The van der Waals surface area contributed by atoms with E-state index in [1.807, 2.05) is 6.92 Å². The van der Waals surface area contributed by atoms with Crippen LogP contribution in [0.15, 0.2) is 12.2 Å². The third kappa shape index (κ3) is 3.05. The first-order valence-electron chi connectivity index (χ1n) is 3.55. The molecule has 11 heavy (non-hydrogen) atoms. The molecule has 4 heteroatoms. The summed E-state index contributed by atoms with van der Waals surface area (Å²) < 4.78 is 15.3. The minimum Gasteiger partial charge on any atom is -0.547 e. The Labute approximate surface area is 68.3 Å². The molecule has 0 aromatic rings. The van der Waals surface area contributed by atoms with Crippen molar-refractivity contribution in [2.75, 3.05) is 21.3 Å². The molecule has 0 N–H and O–H groups in total. The van der Waals surface area contributed by atoms with Crippen LogP contribution in [0.1, 0.15) is 6.92 Å². The van der Waals surface area contributed by atoms with Crippen LogP contribution in [0, 0.1) is 0 Å². The van der Waals surface area contributed by atoms with Crippen LogP contribution >= 0.6 is 0 Å². The molecule has 0 aromatic heterocycles. The largest absolute Gasteiger partial charge is 0.547 e. The Morgan fingerprint density at radius 2 is 1.55 bits per heavy atom. The lowest BCUT2D eigenvalue weighted by Crippen LogP contribution is -2.42. The van der Waals surface area contributed by atoms with E-state index < -0.39 is 6.75 Å². The van der Waals surface area contributed by atoms with Crippen molar-refractivity contribution < 1.29 is 14.0 Å². The Morgan fingerprint density at radius 3 is 1.64 bits per heavy atom. The Morgan fingerprint density at radius 1 is 1.18 bits per heavy atom. The molecular formula is C7H16BO3-. The van der Waals surface area contributed by atoms with Crippen molar-refractivity contribution in [1.82, 2.24) is 0 Å². The minimum absolute atomic E-state index is 0.601. The second-order valence-electron chi connectivity index (χ2n) is 2.66. The van der Waals surface area contributed by atoms with Crippen molar-refractivity contribution >= 4 is 6.75 Å². The van der Waals surface area contributed by atoms with Gasteiger partial charge in [-0.1, -0.05) is 6.32 Å². The summed E-state index contributed by atoms with van der Waals surface area (Å²) in [6.07, 6.45) is 0.601. The first kappa shape index (κ1) is 10.7. The molecule has 0 rings (SSSR count). The molecule has 0 aliphatic rings. The summed E-state index contributed by atoms with van der Waals surface area (Å²) in [7, 11) is 4.70. The Kier molecular flexibility index (Phi) is 4.41. The van der Waals surface area contributed by atoms with Gasteiger partial charge in [0.15, 0.2) is 0 Å². The normalized spacial score (nSPS) is 11.6. The predicted octanol–water partition coefficient (Wildman–Crippen LogP) is 1.44. The van der Waals surface area contributed by atoms with Gasteiger partial charge >= 0.3 is 6.75 Å². The van der Waals surface area contributed by atoms with E-state index in [9.17, 15) is 0 Å². The van der Waals surface area contributed by atoms with Crippen molar-refractivity contribution in [1.29, 1.82) is 0 Å². The summed E-state index contributed by atoms with van der Waals surface area (Å²) in [6, 6.07) is 0. The van der Waals surface area contributed by atoms with Gasteiger partial charge in [0, 0.05) is 0 Å². The third-order valence-corrected chi connectivity index (χ3v) is 1.68. The molecule has 0 saturated heterocycles. The second-order valence-corrected chi connectivity index (χ2v) is 2.66. The highest BCUT2D eigenvalue weighted by Gasteiger charge is 2.25. The SMILES string of the molecule is C=C(C)C[B-](OC)(OC)OC. The van der Waals surface area contributed by atoms with Crippen molar-refractivity contribution in [3.8, 4) is 0 Å². The molecule has 0 spiro atoms. The van der Waals surface area contributed by atoms with E-state index in [1.165, 1.54) is 0 Å². The lowest BCUT2D eigenvalue weighted by Gasteiger charge is -2.37. The van der Waals surface area contributed by atoms with Gasteiger partial charge in [-0.05, 0) is 28.3 Å². The van der Waals surface area contributed by atoms with E-state index in [2.05, 4.69) is 6.58 Å². The van der Waals surface area contributed by atoms with E-state index in [-0.39, 0.29) is 0 Å². The van der Waals surface area contributed by atoms with E-state index in [4.69, 9.17) is 14.0 Å². The molecule has 3 nitrogen and oxygen atoms in total. The summed E-state index contributed by atoms with van der Waals surface area (Å²) in [6.45, 7) is 4.07. The Hall–Kier alpha value is -0.315. The first-order chi connectivity index (χ1) is 5.10. The average molecular weight is 159 g/mol. The molecule has 0 saturated carbocycles. The van der Waals surface area contributed by atoms with Crippen molar-refractivity contribution in [2.24, 2.45) is 0 Å². The molecule has 0 heterocycles. The van der Waals surface area contributed by atoms with Gasteiger partial charge in [-0.25, -0.2) is 0 Å². The quantitative estimate of drug-likeness (QED) is 0.448. The maximum absolute atomic E-state index is 5.10. The van der Waals surface area contributed by atoms with Crippen LogP contribution in [0.4, 0.5) is 0 Å². The summed E-state index contributed by atoms with van der Waals surface area (Å²) in [4.78, 5) is 0. The lowest BCUT2D eigenvalue weighted by molar-refractivity contribution is 0.126. The standard InChI is InChI=1S/C7H16BO3/c1-7(2)6-8(9-3,10-4)11-5/h1,6H2,2-5H3/q-1. The fraction of sp³-hybridized carbons (Fsp3) is 0.714. The minimum atomic E-state index is -1.59. The zero-order valence-electron chi connectivity index (χ0n) is 7.72. The van der Waals surface area contributed by atoms with E-state index >= 15 is 0 Å². The summed E-state index contributed by atoms with van der Waals surface area (Å²) in [5, 5.41) is 0. The number of allylic oxidation sites excluding steroid dienone is 1. The zero-order chi connectivity index (χ0) is 8.91. The second kappa shape index (κ2) is 4.54. The van der Waals surface area contributed by atoms with Crippen LogP contribution in [-0.4, -0.2) is 28.1 Å². The molecule has 0 radical (unpaired) electrons. The number of rotatable bonds is 5. The monoisotopic (exact) mass is 159 g/mol. The van der Waals surface area contributed by atoms with Gasteiger partial charge < -0.3 is 14.0 Å². The molecule has 0 aliphatic carbocycles. The molecule has 0 fully saturated rings. The molecule has 0 aliphatic heterocycles. The van der Waals surface area contributed by atoms with Gasteiger partial charge in [-0.2, -0.15) is 0 Å². The van der Waals surface area contributed by atoms with Crippen molar-refractivity contribution in [3.63, 3.8) is 0 Å². The first-order valence-corrected chi connectivity index (χ1v) is 3.55. The van der Waals surface area contributed by atoms with E-state index in [0.29, 0.717) is 6.32 Å². The topological polar surface area (TPSA) is 27.7 Å². The van der Waals surface area contributed by atoms with Gasteiger partial charge in [0.05, 0.1) is 0 Å². The smallest absolute Gasteiger partial charge is 0.382 e. The highest BCUT2D eigenvalue weighted by atomic mass is 16.7. The van der Waals surface area contributed by atoms with Crippen LogP contribution < -0.4 is 0 Å². The molecule has 0 atom stereocenters. The van der Waals surface area contributed by atoms with Gasteiger partial charge in [-0.15, -0.1) is 12.2 Å². The number of hydrogen-bond acceptors (Lipinski definition) is 3. The van der Waals surface area contributed by atoms with E-state index in [0.717, 1.165) is 5.57 Å². The zero-order valence-corrected chi connectivity index (χ0v) is 7.72. The van der Waals surface area contributed by atoms with E-state index in [1.54, 1.807) is 21.3 Å². The van der Waals surface area contributed by atoms with Crippen LogP contribution in [0.3, 0.4) is 0 Å². The van der Waals surface area contributed by atoms with Gasteiger partial charge in [-0.3, -0.25) is 0 Å². The molecule has 0 aromatic carbocycles. The van der Waals surface area contributed by atoms with Gasteiger partial charge in [0.2, 0.25) is 0 Å². The Bertz CT molecular complexity index is 123. The van der Waals surface area contributed by atoms with Gasteiger partial charge in [0.25, 0.3) is 0 Å². The van der Waals surface area contributed by atoms with Crippen molar-refractivity contribution in [2.45, 2.75) is 13.2 Å². The number of hydrogen-bond donors (Lipinski definition) is 0. The highest BCUT2D eigenvalue weighted by molar-refractivity contribution is 6.61. The fourth-order valence-electron chi connectivity index (χ4n) is 0.965. The maximum atomic E-state index is 5.10. The summed E-state index contributed by atoms with van der Waals surface area (Å²) in [5.41, 5.74) is 0.982. The van der Waals surface area contributed by atoms with Crippen LogP contribution in [0.2, 0.25) is 6.32 Å². The molecule has 66 valence electrons. The van der Waals surface area contributed by atoms with Gasteiger partial charge in [0.1, 0.15) is 0 Å². The van der Waals surface area contributed by atoms with Crippen LogP contribution in [0.25, 0.3) is 0 Å². The molecule has 0 bridgehead atoms. The summed E-state index contributed by atoms with van der Waals surface area (Å²) >= 11 is 0. The predicted molar refractivity (Wildman–Crippen MR) is 46.4 cm³/mol. The van der Waals surface area contributed by atoms with Crippen LogP contribution in [-0.2, 0) is 14.0 Å². The maximum Gasteiger partial charge on any atom is 0.382 e.